The molecule has 80 valence electrons. The third kappa shape index (κ3) is 1.28. The minimum absolute atomic E-state index is 0.602. The van der Waals surface area contributed by atoms with Gasteiger partial charge in [-0.2, -0.15) is 0 Å². The van der Waals surface area contributed by atoms with E-state index in [9.17, 15) is 0 Å². The first kappa shape index (κ1) is 9.49. The van der Waals surface area contributed by atoms with E-state index in [1.165, 1.54) is 17.7 Å². The molecule has 2 heterocycles. The van der Waals surface area contributed by atoms with Crippen molar-refractivity contribution in [2.24, 2.45) is 11.7 Å². The maximum absolute atomic E-state index is 6.21. The number of nitrogens with zero attached hydrogens (tertiary/aromatic N) is 1. The molecule has 2 nitrogen and oxygen atoms in total. The normalized spacial score (nSPS) is 28.0. The second kappa shape index (κ2) is 3.39. The van der Waals surface area contributed by atoms with Gasteiger partial charge in [-0.15, -0.1) is 0 Å². The Hall–Kier alpha value is -0.730. The van der Waals surface area contributed by atoms with Crippen LogP contribution in [0.25, 0.3) is 0 Å². The molecule has 1 fully saturated rings. The van der Waals surface area contributed by atoms with E-state index in [0.29, 0.717) is 12.0 Å². The lowest BCUT2D eigenvalue weighted by Crippen LogP contribution is -2.32. The minimum Gasteiger partial charge on any atom is -0.368 e. The summed E-state index contributed by atoms with van der Waals surface area (Å²) in [5, 5.41) is 0.915. The highest BCUT2D eigenvalue weighted by molar-refractivity contribution is 6.31. The van der Waals surface area contributed by atoms with Gasteiger partial charge in [0.25, 0.3) is 0 Å². The van der Waals surface area contributed by atoms with Crippen LogP contribution in [0.5, 0.6) is 0 Å². The molecule has 1 saturated heterocycles. The smallest absolute Gasteiger partial charge is 0.0459 e. The van der Waals surface area contributed by atoms with Crippen molar-refractivity contribution < 1.29 is 0 Å². The summed E-state index contributed by atoms with van der Waals surface area (Å²) in [7, 11) is 0. The quantitative estimate of drug-likeness (QED) is 0.788. The molecule has 2 atom stereocenters. The third-order valence-electron chi connectivity index (χ3n) is 3.80. The van der Waals surface area contributed by atoms with Crippen LogP contribution in [-0.4, -0.2) is 19.1 Å². The van der Waals surface area contributed by atoms with Gasteiger partial charge in [0.15, 0.2) is 0 Å². The monoisotopic (exact) mass is 222 g/mol. The zero-order valence-electron chi connectivity index (χ0n) is 8.62. The summed E-state index contributed by atoms with van der Waals surface area (Å²) < 4.78 is 0. The molecule has 2 N–H and O–H groups in total. The van der Waals surface area contributed by atoms with Crippen LogP contribution in [0.4, 0.5) is 5.69 Å². The maximum Gasteiger partial charge on any atom is 0.0459 e. The Morgan fingerprint density at radius 1 is 1.47 bits per heavy atom. The van der Waals surface area contributed by atoms with E-state index >= 15 is 0 Å². The molecule has 2 aliphatic rings. The molecule has 3 heteroatoms. The Kier molecular flexibility index (Phi) is 2.15. The van der Waals surface area contributed by atoms with Crippen LogP contribution in [-0.2, 0) is 6.42 Å². The third-order valence-corrected chi connectivity index (χ3v) is 4.16. The predicted molar refractivity (Wildman–Crippen MR) is 63.5 cm³/mol. The van der Waals surface area contributed by atoms with Crippen molar-refractivity contribution in [1.29, 1.82) is 0 Å². The summed E-state index contributed by atoms with van der Waals surface area (Å²) in [4.78, 5) is 2.48. The van der Waals surface area contributed by atoms with E-state index in [4.69, 9.17) is 17.3 Å². The predicted octanol–water partition coefficient (Wildman–Crippen LogP) is 2.05. The SMILES string of the molecule is NCC1CCN2c3cccc(Cl)c3CC12. The van der Waals surface area contributed by atoms with E-state index in [1.54, 1.807) is 0 Å². The molecule has 1 aromatic carbocycles. The van der Waals surface area contributed by atoms with Crippen molar-refractivity contribution in [3.05, 3.63) is 28.8 Å². The summed E-state index contributed by atoms with van der Waals surface area (Å²) in [5.74, 6) is 0.647. The number of benzene rings is 1. The Morgan fingerprint density at radius 3 is 3.13 bits per heavy atom. The highest BCUT2D eigenvalue weighted by atomic mass is 35.5. The van der Waals surface area contributed by atoms with Crippen molar-refractivity contribution in [3.8, 4) is 0 Å². The first-order valence-electron chi connectivity index (χ1n) is 5.55. The van der Waals surface area contributed by atoms with Gasteiger partial charge in [-0.05, 0) is 43.0 Å². The van der Waals surface area contributed by atoms with Gasteiger partial charge >= 0.3 is 0 Å². The lowest BCUT2D eigenvalue weighted by molar-refractivity contribution is 0.491. The molecule has 0 aliphatic carbocycles. The van der Waals surface area contributed by atoms with Gasteiger partial charge in [-0.1, -0.05) is 17.7 Å². The summed E-state index contributed by atoms with van der Waals surface area (Å²) in [6, 6.07) is 6.81. The summed E-state index contributed by atoms with van der Waals surface area (Å²) >= 11 is 6.21. The molecule has 15 heavy (non-hydrogen) atoms. The lowest BCUT2D eigenvalue weighted by Gasteiger charge is -2.21. The average Bonchev–Trinajstić information content (AvgIpc) is 2.77. The van der Waals surface area contributed by atoms with Crippen LogP contribution in [0.3, 0.4) is 0 Å². The Labute approximate surface area is 95.0 Å². The van der Waals surface area contributed by atoms with E-state index < -0.39 is 0 Å². The number of hydrogen-bond acceptors (Lipinski definition) is 2. The van der Waals surface area contributed by atoms with Crippen molar-refractivity contribution in [2.45, 2.75) is 18.9 Å². The van der Waals surface area contributed by atoms with E-state index in [1.807, 2.05) is 12.1 Å². The summed E-state index contributed by atoms with van der Waals surface area (Å²) in [6.45, 7) is 1.94. The van der Waals surface area contributed by atoms with Crippen LogP contribution in [0.15, 0.2) is 18.2 Å². The zero-order valence-corrected chi connectivity index (χ0v) is 9.37. The van der Waals surface area contributed by atoms with Crippen LogP contribution in [0.1, 0.15) is 12.0 Å². The summed E-state index contributed by atoms with van der Waals surface area (Å²) in [6.07, 6.45) is 2.31. The maximum atomic E-state index is 6.21. The second-order valence-electron chi connectivity index (χ2n) is 4.49. The standard InChI is InChI=1S/C12H15ClN2/c13-10-2-1-3-11-9(10)6-12-8(7-14)4-5-15(11)12/h1-3,8,12H,4-7,14H2. The fourth-order valence-electron chi connectivity index (χ4n) is 3.00. The highest BCUT2D eigenvalue weighted by Gasteiger charge is 2.39. The van der Waals surface area contributed by atoms with E-state index in [2.05, 4.69) is 11.0 Å². The first-order valence-corrected chi connectivity index (χ1v) is 5.93. The van der Waals surface area contributed by atoms with Gasteiger partial charge in [0, 0.05) is 23.3 Å². The molecular weight excluding hydrogens is 208 g/mol. The largest absolute Gasteiger partial charge is 0.368 e. The summed E-state index contributed by atoms with van der Waals surface area (Å²) in [5.41, 5.74) is 8.46. The van der Waals surface area contributed by atoms with Gasteiger partial charge in [0.1, 0.15) is 0 Å². The van der Waals surface area contributed by atoms with Gasteiger partial charge in [0.2, 0.25) is 0 Å². The second-order valence-corrected chi connectivity index (χ2v) is 4.89. The first-order chi connectivity index (χ1) is 7.31. The molecule has 0 radical (unpaired) electrons. The molecule has 0 spiro atoms. The van der Waals surface area contributed by atoms with Crippen molar-refractivity contribution in [2.75, 3.05) is 18.0 Å². The number of nitrogens with two attached hydrogens (primary N) is 1. The zero-order chi connectivity index (χ0) is 10.4. The van der Waals surface area contributed by atoms with Gasteiger partial charge < -0.3 is 10.6 Å². The van der Waals surface area contributed by atoms with Gasteiger partial charge in [-0.25, -0.2) is 0 Å². The number of anilines is 1. The van der Waals surface area contributed by atoms with Gasteiger partial charge in [0.05, 0.1) is 0 Å². The number of rotatable bonds is 1. The molecule has 0 bridgehead atoms. The Bertz CT molecular complexity index is 391. The Morgan fingerprint density at radius 2 is 2.33 bits per heavy atom. The molecule has 0 saturated carbocycles. The molecule has 3 rings (SSSR count). The molecule has 0 amide bonds. The fraction of sp³-hybridized carbons (Fsp3) is 0.500. The molecule has 1 aromatic rings. The van der Waals surface area contributed by atoms with Crippen LogP contribution in [0.2, 0.25) is 5.02 Å². The fourth-order valence-corrected chi connectivity index (χ4v) is 3.24. The van der Waals surface area contributed by atoms with Crippen molar-refractivity contribution in [1.82, 2.24) is 0 Å². The minimum atomic E-state index is 0.602. The molecular formula is C12H15ClN2. The number of fused-ring (bicyclic) bond motifs is 3. The van der Waals surface area contributed by atoms with Crippen LogP contribution >= 0.6 is 11.6 Å². The van der Waals surface area contributed by atoms with Gasteiger partial charge in [-0.3, -0.25) is 0 Å². The number of hydrogen-bond donors (Lipinski definition) is 1. The van der Waals surface area contributed by atoms with Crippen molar-refractivity contribution in [3.63, 3.8) is 0 Å². The van der Waals surface area contributed by atoms with E-state index in [-0.39, 0.29) is 0 Å². The Balaban J connectivity index is 2.01. The molecule has 2 unspecified atom stereocenters. The van der Waals surface area contributed by atoms with Crippen LogP contribution in [0, 0.1) is 5.92 Å². The van der Waals surface area contributed by atoms with E-state index in [0.717, 1.165) is 24.5 Å². The van der Waals surface area contributed by atoms with Crippen LogP contribution < -0.4 is 10.6 Å². The highest BCUT2D eigenvalue weighted by Crippen LogP contribution is 2.42. The lowest BCUT2D eigenvalue weighted by atomic mass is 9.97. The average molecular weight is 223 g/mol. The molecule has 2 aliphatic heterocycles. The number of halogens is 1. The molecule has 0 aromatic heterocycles. The topological polar surface area (TPSA) is 29.3 Å². The van der Waals surface area contributed by atoms with Crippen molar-refractivity contribution >= 4 is 17.3 Å².